The first-order chi connectivity index (χ1) is 8.40. The van der Waals surface area contributed by atoms with Gasteiger partial charge in [-0.3, -0.25) is 5.32 Å². The normalized spacial score (nSPS) is 28.2. The maximum Gasteiger partial charge on any atom is 0.0797 e. The van der Waals surface area contributed by atoms with Crippen LogP contribution in [0.1, 0.15) is 51.4 Å². The molecule has 0 aromatic carbocycles. The third-order valence-corrected chi connectivity index (χ3v) is 3.95. The van der Waals surface area contributed by atoms with E-state index in [-0.39, 0.29) is 0 Å². The minimum absolute atomic E-state index is 0.342. The smallest absolute Gasteiger partial charge is 0.0797 e. The van der Waals surface area contributed by atoms with Crippen LogP contribution in [0.2, 0.25) is 0 Å². The first-order valence-electron chi connectivity index (χ1n) is 7.20. The lowest BCUT2D eigenvalue weighted by Gasteiger charge is -2.37. The predicted octanol–water partition coefficient (Wildman–Crippen LogP) is 2.13. The molecule has 1 saturated heterocycles. The summed E-state index contributed by atoms with van der Waals surface area (Å²) in [6, 6.07) is 0. The zero-order valence-corrected chi connectivity index (χ0v) is 10.8. The van der Waals surface area contributed by atoms with E-state index in [1.165, 1.54) is 44.2 Å². The van der Waals surface area contributed by atoms with Crippen LogP contribution in [-0.4, -0.2) is 24.4 Å². The Morgan fingerprint density at radius 3 is 3.00 bits per heavy atom. The lowest BCUT2D eigenvalue weighted by molar-refractivity contribution is 0.239. The number of allylic oxidation sites excluding steroid dienone is 2. The van der Waals surface area contributed by atoms with Crippen molar-refractivity contribution in [2.75, 3.05) is 13.2 Å². The Bertz CT molecular complexity index is 253. The standard InChI is InChI=1S/C14H26N2O/c17-11-4-2-1-3-7-13-9-8-12-6-5-10-15-14(12)16-13/h9,12,14-17H,1-8,10-11H2. The SMILES string of the molecule is OCCCCCCC1=CCC2CCCNC2N1. The van der Waals surface area contributed by atoms with Gasteiger partial charge in [0.25, 0.3) is 0 Å². The van der Waals surface area contributed by atoms with Gasteiger partial charge in [-0.1, -0.05) is 18.9 Å². The summed E-state index contributed by atoms with van der Waals surface area (Å²) in [4.78, 5) is 0. The van der Waals surface area contributed by atoms with Crippen LogP contribution in [0.15, 0.2) is 11.8 Å². The first kappa shape index (κ1) is 12.9. The average Bonchev–Trinajstić information content (AvgIpc) is 2.38. The van der Waals surface area contributed by atoms with Gasteiger partial charge in [0.15, 0.2) is 0 Å². The van der Waals surface area contributed by atoms with Crippen molar-refractivity contribution in [3.05, 3.63) is 11.8 Å². The van der Waals surface area contributed by atoms with Crippen LogP contribution >= 0.6 is 0 Å². The second-order valence-corrected chi connectivity index (χ2v) is 5.33. The molecule has 1 fully saturated rings. The van der Waals surface area contributed by atoms with Gasteiger partial charge in [-0.15, -0.1) is 0 Å². The van der Waals surface area contributed by atoms with Gasteiger partial charge in [-0.2, -0.15) is 0 Å². The fraction of sp³-hybridized carbons (Fsp3) is 0.857. The summed E-state index contributed by atoms with van der Waals surface area (Å²) < 4.78 is 0. The molecule has 0 bridgehead atoms. The van der Waals surface area contributed by atoms with Crippen molar-refractivity contribution in [2.45, 2.75) is 57.5 Å². The molecule has 0 saturated carbocycles. The highest BCUT2D eigenvalue weighted by atomic mass is 16.2. The molecule has 0 radical (unpaired) electrons. The second-order valence-electron chi connectivity index (χ2n) is 5.33. The van der Waals surface area contributed by atoms with Gasteiger partial charge >= 0.3 is 0 Å². The van der Waals surface area contributed by atoms with Crippen molar-refractivity contribution < 1.29 is 5.11 Å². The Kier molecular flexibility index (Phi) is 5.33. The number of fused-ring (bicyclic) bond motifs is 1. The number of aliphatic hydroxyl groups is 1. The second kappa shape index (κ2) is 7.02. The molecule has 2 aliphatic heterocycles. The molecule has 2 rings (SSSR count). The van der Waals surface area contributed by atoms with E-state index >= 15 is 0 Å². The number of rotatable bonds is 6. The van der Waals surface area contributed by atoms with Crippen molar-refractivity contribution >= 4 is 0 Å². The van der Waals surface area contributed by atoms with Gasteiger partial charge in [0.05, 0.1) is 6.17 Å². The van der Waals surface area contributed by atoms with Gasteiger partial charge in [0.2, 0.25) is 0 Å². The lowest BCUT2D eigenvalue weighted by Crippen LogP contribution is -2.52. The molecule has 3 nitrogen and oxygen atoms in total. The predicted molar refractivity (Wildman–Crippen MR) is 70.5 cm³/mol. The minimum Gasteiger partial charge on any atom is -0.396 e. The van der Waals surface area contributed by atoms with Crippen LogP contribution in [0.4, 0.5) is 0 Å². The quantitative estimate of drug-likeness (QED) is 0.621. The molecular weight excluding hydrogens is 212 g/mol. The molecule has 2 aliphatic rings. The molecule has 0 amide bonds. The van der Waals surface area contributed by atoms with Crippen molar-refractivity contribution in [1.29, 1.82) is 0 Å². The lowest BCUT2D eigenvalue weighted by atomic mass is 9.89. The van der Waals surface area contributed by atoms with Crippen molar-refractivity contribution in [2.24, 2.45) is 5.92 Å². The van der Waals surface area contributed by atoms with E-state index in [1.54, 1.807) is 0 Å². The Balaban J connectivity index is 1.66. The Labute approximate surface area is 105 Å². The summed E-state index contributed by atoms with van der Waals surface area (Å²) in [5.74, 6) is 0.807. The highest BCUT2D eigenvalue weighted by Gasteiger charge is 2.26. The third-order valence-electron chi connectivity index (χ3n) is 3.95. The molecule has 2 atom stereocenters. The summed E-state index contributed by atoms with van der Waals surface area (Å²) in [6.07, 6.45) is 12.6. The highest BCUT2D eigenvalue weighted by Crippen LogP contribution is 2.25. The van der Waals surface area contributed by atoms with Crippen LogP contribution < -0.4 is 10.6 Å². The van der Waals surface area contributed by atoms with E-state index in [4.69, 9.17) is 5.11 Å². The van der Waals surface area contributed by atoms with Crippen LogP contribution in [-0.2, 0) is 0 Å². The van der Waals surface area contributed by atoms with E-state index in [2.05, 4.69) is 16.7 Å². The van der Waals surface area contributed by atoms with Gasteiger partial charge in [-0.05, 0) is 51.0 Å². The number of hydrogen-bond donors (Lipinski definition) is 3. The fourth-order valence-corrected chi connectivity index (χ4v) is 2.89. The van der Waals surface area contributed by atoms with E-state index < -0.39 is 0 Å². The highest BCUT2D eigenvalue weighted by molar-refractivity contribution is 5.08. The van der Waals surface area contributed by atoms with E-state index in [0.29, 0.717) is 12.8 Å². The van der Waals surface area contributed by atoms with Crippen molar-refractivity contribution in [1.82, 2.24) is 10.6 Å². The Morgan fingerprint density at radius 2 is 2.12 bits per heavy atom. The summed E-state index contributed by atoms with van der Waals surface area (Å²) in [5.41, 5.74) is 1.43. The molecule has 2 heterocycles. The van der Waals surface area contributed by atoms with Crippen LogP contribution in [0.5, 0.6) is 0 Å². The summed E-state index contributed by atoms with van der Waals surface area (Å²) in [7, 11) is 0. The number of unbranched alkanes of at least 4 members (excludes halogenated alkanes) is 3. The molecule has 17 heavy (non-hydrogen) atoms. The molecule has 0 spiro atoms. The monoisotopic (exact) mass is 238 g/mol. The molecule has 3 heteroatoms. The molecular formula is C14H26N2O. The largest absolute Gasteiger partial charge is 0.396 e. The third kappa shape index (κ3) is 4.00. The van der Waals surface area contributed by atoms with E-state index in [1.807, 2.05) is 0 Å². The Hall–Kier alpha value is -0.540. The van der Waals surface area contributed by atoms with E-state index in [9.17, 15) is 0 Å². The molecule has 0 aromatic rings. The van der Waals surface area contributed by atoms with Gasteiger partial charge in [0.1, 0.15) is 0 Å². The zero-order valence-electron chi connectivity index (χ0n) is 10.8. The van der Waals surface area contributed by atoms with Gasteiger partial charge in [0, 0.05) is 12.3 Å². The summed E-state index contributed by atoms with van der Waals surface area (Å²) in [5, 5.41) is 15.9. The molecule has 3 N–H and O–H groups in total. The van der Waals surface area contributed by atoms with Crippen molar-refractivity contribution in [3.8, 4) is 0 Å². The molecule has 0 aliphatic carbocycles. The number of hydrogen-bond acceptors (Lipinski definition) is 3. The first-order valence-corrected chi connectivity index (χ1v) is 7.20. The maximum atomic E-state index is 8.71. The number of piperidine rings is 1. The Morgan fingerprint density at radius 1 is 1.24 bits per heavy atom. The fourth-order valence-electron chi connectivity index (χ4n) is 2.89. The van der Waals surface area contributed by atoms with Gasteiger partial charge in [-0.25, -0.2) is 0 Å². The number of aliphatic hydroxyl groups excluding tert-OH is 1. The van der Waals surface area contributed by atoms with Crippen LogP contribution in [0, 0.1) is 5.92 Å². The summed E-state index contributed by atoms with van der Waals surface area (Å²) >= 11 is 0. The average molecular weight is 238 g/mol. The topological polar surface area (TPSA) is 44.3 Å². The number of nitrogens with one attached hydrogen (secondary N) is 2. The van der Waals surface area contributed by atoms with Crippen LogP contribution in [0.25, 0.3) is 0 Å². The van der Waals surface area contributed by atoms with Crippen molar-refractivity contribution in [3.63, 3.8) is 0 Å². The molecule has 98 valence electrons. The van der Waals surface area contributed by atoms with E-state index in [0.717, 1.165) is 25.3 Å². The summed E-state index contributed by atoms with van der Waals surface area (Å²) in [6.45, 7) is 1.51. The van der Waals surface area contributed by atoms with Gasteiger partial charge < -0.3 is 10.4 Å². The van der Waals surface area contributed by atoms with Crippen LogP contribution in [0.3, 0.4) is 0 Å². The zero-order chi connectivity index (χ0) is 11.9. The molecule has 0 aromatic heterocycles. The molecule has 2 unspecified atom stereocenters. The minimum atomic E-state index is 0.342. The maximum absolute atomic E-state index is 8.71.